The van der Waals surface area contributed by atoms with Crippen molar-refractivity contribution in [3.63, 3.8) is 0 Å². The van der Waals surface area contributed by atoms with Crippen molar-refractivity contribution < 1.29 is 8.83 Å². The van der Waals surface area contributed by atoms with E-state index >= 15 is 0 Å². The Bertz CT molecular complexity index is 3440. The number of hydrogen-bond donors (Lipinski definition) is 0. The van der Waals surface area contributed by atoms with E-state index in [1.54, 1.807) is 0 Å². The van der Waals surface area contributed by atoms with Crippen molar-refractivity contribution in [3.05, 3.63) is 158 Å². The summed E-state index contributed by atoms with van der Waals surface area (Å²) in [5, 5.41) is 14.7. The lowest BCUT2D eigenvalue weighted by molar-refractivity contribution is 0.669. The van der Waals surface area contributed by atoms with Crippen LogP contribution in [0, 0.1) is 0 Å². The highest BCUT2D eigenvalue weighted by atomic mass is 32.1. The summed E-state index contributed by atoms with van der Waals surface area (Å²) in [7, 11) is 0. The van der Waals surface area contributed by atoms with Crippen molar-refractivity contribution in [2.24, 2.45) is 0 Å². The van der Waals surface area contributed by atoms with Crippen molar-refractivity contribution in [3.8, 4) is 22.3 Å². The largest absolute Gasteiger partial charge is 0.456 e. The molecule has 0 unspecified atom stereocenters. The summed E-state index contributed by atoms with van der Waals surface area (Å²) < 4.78 is 18.5. The molecule has 0 spiro atoms. The highest BCUT2D eigenvalue weighted by Crippen LogP contribution is 2.48. The number of benzene rings is 9. The molecule has 4 aromatic heterocycles. The van der Waals surface area contributed by atoms with Gasteiger partial charge in [-0.25, -0.2) is 0 Å². The molecule has 0 bridgehead atoms. The molecule has 250 valence electrons. The minimum Gasteiger partial charge on any atom is -0.456 e. The molecule has 2 nitrogen and oxygen atoms in total. The topological polar surface area (TPSA) is 26.3 Å². The zero-order valence-electron chi connectivity index (χ0n) is 28.6. The maximum atomic E-state index is 6.66. The number of rotatable bonds is 2. The molecule has 0 atom stereocenters. The fourth-order valence-electron chi connectivity index (χ4n) is 9.22. The van der Waals surface area contributed by atoms with Gasteiger partial charge in [0.25, 0.3) is 0 Å². The Labute approximate surface area is 315 Å². The summed E-state index contributed by atoms with van der Waals surface area (Å²) >= 11 is 3.69. The van der Waals surface area contributed by atoms with E-state index in [2.05, 4.69) is 158 Å². The summed E-state index contributed by atoms with van der Waals surface area (Å²) in [5.74, 6) is 0. The SMILES string of the molecule is c1ccc2c(c1)sc1ccc3oc4cc(-c5c6ccccc6c(-c6ccc7c(c6)oc6ccc8sc9ccccc9c8c67)c6ccccc56)ccc4c3c12. The van der Waals surface area contributed by atoms with Crippen LogP contribution in [0.5, 0.6) is 0 Å². The zero-order valence-corrected chi connectivity index (χ0v) is 30.3. The Balaban J connectivity index is 1.05. The third-order valence-corrected chi connectivity index (χ3v) is 13.7. The molecule has 4 heterocycles. The number of furan rings is 2. The molecule has 0 amide bonds. The van der Waals surface area contributed by atoms with Crippen LogP contribution in [0.1, 0.15) is 0 Å². The van der Waals surface area contributed by atoms with Crippen LogP contribution in [-0.2, 0) is 0 Å². The van der Waals surface area contributed by atoms with Gasteiger partial charge in [0, 0.05) is 61.9 Å². The van der Waals surface area contributed by atoms with E-state index in [4.69, 9.17) is 8.83 Å². The van der Waals surface area contributed by atoms with Crippen LogP contribution in [0.2, 0.25) is 0 Å². The molecule has 0 fully saturated rings. The highest BCUT2D eigenvalue weighted by molar-refractivity contribution is 7.26. The summed E-state index contributed by atoms with van der Waals surface area (Å²) in [6.07, 6.45) is 0. The molecule has 0 saturated carbocycles. The Morgan fingerprint density at radius 3 is 1.09 bits per heavy atom. The molecule has 13 rings (SSSR count). The fourth-order valence-corrected chi connectivity index (χ4v) is 11.5. The van der Waals surface area contributed by atoms with Gasteiger partial charge in [-0.2, -0.15) is 0 Å². The van der Waals surface area contributed by atoms with Gasteiger partial charge >= 0.3 is 0 Å². The quantitative estimate of drug-likeness (QED) is 0.166. The summed E-state index contributed by atoms with van der Waals surface area (Å²) in [5.41, 5.74) is 8.40. The lowest BCUT2D eigenvalue weighted by Gasteiger charge is -2.17. The number of fused-ring (bicyclic) bond motifs is 16. The van der Waals surface area contributed by atoms with Gasteiger partial charge in [0.1, 0.15) is 22.3 Å². The van der Waals surface area contributed by atoms with Crippen LogP contribution in [-0.4, -0.2) is 0 Å². The van der Waals surface area contributed by atoms with E-state index in [0.29, 0.717) is 0 Å². The Morgan fingerprint density at radius 1 is 0.278 bits per heavy atom. The van der Waals surface area contributed by atoms with Gasteiger partial charge in [0.05, 0.1) is 0 Å². The first-order valence-corrected chi connectivity index (χ1v) is 19.9. The standard InChI is InChI=1S/C50H26O2S2/c1-2-10-30-29(9-1)45(27-17-19-33-39(25-27)51-37-21-23-43-49(47(33)37)35-13-5-7-15-41(35)53-43)31-11-3-4-12-32(31)46(30)28-18-20-34-40(26-28)52-38-22-24-44-50(48(34)38)36-14-6-8-16-42(36)54-44/h1-26H. The van der Waals surface area contributed by atoms with Gasteiger partial charge in [-0.15, -0.1) is 22.7 Å². The van der Waals surface area contributed by atoms with Crippen LogP contribution >= 0.6 is 22.7 Å². The van der Waals surface area contributed by atoms with Crippen LogP contribution in [0.4, 0.5) is 0 Å². The first kappa shape index (κ1) is 29.0. The van der Waals surface area contributed by atoms with Gasteiger partial charge in [0.2, 0.25) is 0 Å². The molecule has 0 aliphatic heterocycles. The van der Waals surface area contributed by atoms with Gasteiger partial charge in [0.15, 0.2) is 0 Å². The normalized spacial score (nSPS) is 12.4. The van der Waals surface area contributed by atoms with Gasteiger partial charge in [-0.3, -0.25) is 0 Å². The third-order valence-electron chi connectivity index (χ3n) is 11.5. The molecule has 4 heteroatoms. The summed E-state index contributed by atoms with van der Waals surface area (Å²) in [6.45, 7) is 0. The average molecular weight is 723 g/mol. The smallest absolute Gasteiger partial charge is 0.136 e. The van der Waals surface area contributed by atoms with E-state index < -0.39 is 0 Å². The van der Waals surface area contributed by atoms with Gasteiger partial charge in [-0.1, -0.05) is 97.1 Å². The predicted molar refractivity (Wildman–Crippen MR) is 233 cm³/mol. The van der Waals surface area contributed by atoms with Gasteiger partial charge in [-0.05, 0) is 104 Å². The fraction of sp³-hybridized carbons (Fsp3) is 0. The van der Waals surface area contributed by atoms with E-state index in [-0.39, 0.29) is 0 Å². The van der Waals surface area contributed by atoms with Crippen molar-refractivity contribution in [2.75, 3.05) is 0 Å². The third kappa shape index (κ3) is 3.83. The maximum Gasteiger partial charge on any atom is 0.136 e. The second kappa shape index (κ2) is 10.6. The zero-order chi connectivity index (χ0) is 35.1. The lowest BCUT2D eigenvalue weighted by Crippen LogP contribution is -1.90. The van der Waals surface area contributed by atoms with Crippen LogP contribution in [0.3, 0.4) is 0 Å². The van der Waals surface area contributed by atoms with Crippen molar-refractivity contribution in [1.82, 2.24) is 0 Å². The first-order valence-electron chi connectivity index (χ1n) is 18.2. The second-order valence-corrected chi connectivity index (χ2v) is 16.5. The first-order chi connectivity index (χ1) is 26.8. The van der Waals surface area contributed by atoms with Crippen LogP contribution in [0.25, 0.3) is 128 Å². The maximum absolute atomic E-state index is 6.66. The molecular weight excluding hydrogens is 697 g/mol. The average Bonchev–Trinajstić information content (AvgIpc) is 3.98. The minimum atomic E-state index is 0.908. The Hall–Kier alpha value is -6.46. The Morgan fingerprint density at radius 2 is 0.667 bits per heavy atom. The van der Waals surface area contributed by atoms with E-state index in [1.165, 1.54) is 83.8 Å². The molecule has 0 aliphatic carbocycles. The molecular formula is C50H26O2S2. The molecule has 13 aromatic rings. The van der Waals surface area contributed by atoms with Gasteiger partial charge < -0.3 is 8.83 Å². The lowest BCUT2D eigenvalue weighted by atomic mass is 9.85. The Kier molecular flexibility index (Phi) is 5.69. The summed E-state index contributed by atoms with van der Waals surface area (Å²) in [4.78, 5) is 0. The molecule has 54 heavy (non-hydrogen) atoms. The number of hydrogen-bond acceptors (Lipinski definition) is 4. The van der Waals surface area contributed by atoms with Crippen LogP contribution in [0.15, 0.2) is 167 Å². The number of thiophene rings is 2. The predicted octanol–water partition coefficient (Wildman–Crippen LogP) is 15.9. The molecule has 0 aliphatic rings. The van der Waals surface area contributed by atoms with Crippen LogP contribution < -0.4 is 0 Å². The molecule has 0 N–H and O–H groups in total. The highest BCUT2D eigenvalue weighted by Gasteiger charge is 2.21. The molecule has 0 radical (unpaired) electrons. The molecule has 9 aromatic carbocycles. The second-order valence-electron chi connectivity index (χ2n) is 14.3. The van der Waals surface area contributed by atoms with Crippen molar-refractivity contribution in [2.45, 2.75) is 0 Å². The summed E-state index contributed by atoms with van der Waals surface area (Å²) in [6, 6.07) is 57.4. The molecule has 0 saturated heterocycles. The monoisotopic (exact) mass is 722 g/mol. The van der Waals surface area contributed by atoms with E-state index in [1.807, 2.05) is 22.7 Å². The van der Waals surface area contributed by atoms with E-state index in [0.717, 1.165) is 44.2 Å². The van der Waals surface area contributed by atoms with Crippen molar-refractivity contribution >= 4 is 128 Å². The minimum absolute atomic E-state index is 0.908. The van der Waals surface area contributed by atoms with Crippen molar-refractivity contribution in [1.29, 1.82) is 0 Å². The van der Waals surface area contributed by atoms with E-state index in [9.17, 15) is 0 Å².